The molecule has 2 heterocycles. The number of hydrogen-bond donors (Lipinski definition) is 0. The summed E-state index contributed by atoms with van der Waals surface area (Å²) in [4.78, 5) is 32.1. The van der Waals surface area contributed by atoms with Crippen molar-refractivity contribution in [2.24, 2.45) is 11.3 Å². The standard InChI is InChI=1S/C22H28F3N5O2/c1-27(2)19(31)18-13-30(20(32)28(3)4)14-21(18)7-9-29(10-8-21)16-6-5-15(12-26)17(11-16)22(23,24)25/h5-6,11,18H,7-10,13-14H2,1-4H3. The van der Waals surface area contributed by atoms with Crippen molar-refractivity contribution in [2.75, 3.05) is 59.3 Å². The first-order valence-electron chi connectivity index (χ1n) is 10.4. The molecule has 0 aliphatic carbocycles. The Morgan fingerprint density at radius 1 is 1.12 bits per heavy atom. The van der Waals surface area contributed by atoms with Crippen LogP contribution in [0.25, 0.3) is 0 Å². The van der Waals surface area contributed by atoms with Crippen molar-refractivity contribution >= 4 is 17.6 Å². The monoisotopic (exact) mass is 451 g/mol. The molecule has 32 heavy (non-hydrogen) atoms. The van der Waals surface area contributed by atoms with Crippen LogP contribution < -0.4 is 4.90 Å². The lowest BCUT2D eigenvalue weighted by atomic mass is 9.70. The minimum absolute atomic E-state index is 0.0368. The SMILES string of the molecule is CN(C)C(=O)C1CN(C(=O)N(C)C)CC12CCN(c1ccc(C#N)c(C(F)(F)F)c1)CC2. The molecule has 7 nitrogen and oxygen atoms in total. The van der Waals surface area contributed by atoms with Gasteiger partial charge in [-0.25, -0.2) is 4.79 Å². The molecule has 3 amide bonds. The molecule has 174 valence electrons. The van der Waals surface area contributed by atoms with Crippen molar-refractivity contribution in [1.82, 2.24) is 14.7 Å². The normalized spacial score (nSPS) is 20.2. The molecule has 1 unspecified atom stereocenters. The van der Waals surface area contributed by atoms with Gasteiger partial charge in [-0.1, -0.05) is 0 Å². The summed E-state index contributed by atoms with van der Waals surface area (Å²) in [6, 6.07) is 5.21. The van der Waals surface area contributed by atoms with Crippen molar-refractivity contribution in [3.8, 4) is 6.07 Å². The van der Waals surface area contributed by atoms with Gasteiger partial charge in [0.25, 0.3) is 0 Å². The maximum atomic E-state index is 13.4. The predicted octanol–water partition coefficient (Wildman–Crippen LogP) is 2.87. The third kappa shape index (κ3) is 4.33. The van der Waals surface area contributed by atoms with Gasteiger partial charge in [0.1, 0.15) is 0 Å². The van der Waals surface area contributed by atoms with E-state index >= 15 is 0 Å². The summed E-state index contributed by atoms with van der Waals surface area (Å²) in [6.45, 7) is 1.71. The Balaban J connectivity index is 1.84. The highest BCUT2D eigenvalue weighted by molar-refractivity contribution is 5.82. The molecule has 0 saturated carbocycles. The maximum Gasteiger partial charge on any atom is 0.417 e. The molecule has 10 heteroatoms. The molecule has 0 N–H and O–H groups in total. The lowest BCUT2D eigenvalue weighted by molar-refractivity contribution is -0.138. The van der Waals surface area contributed by atoms with Gasteiger partial charge < -0.3 is 19.6 Å². The molecular weight excluding hydrogens is 423 g/mol. The van der Waals surface area contributed by atoms with Crippen LogP contribution in [-0.4, -0.2) is 81.0 Å². The Hall–Kier alpha value is -2.96. The molecule has 1 atom stereocenters. The minimum atomic E-state index is -4.61. The quantitative estimate of drug-likeness (QED) is 0.693. The summed E-state index contributed by atoms with van der Waals surface area (Å²) in [5.41, 5.74) is -1.36. The van der Waals surface area contributed by atoms with Crippen LogP contribution >= 0.6 is 0 Å². The van der Waals surface area contributed by atoms with Crippen molar-refractivity contribution in [1.29, 1.82) is 5.26 Å². The van der Waals surface area contributed by atoms with Crippen LogP contribution in [0.1, 0.15) is 24.0 Å². The Kier molecular flexibility index (Phi) is 6.31. The van der Waals surface area contributed by atoms with E-state index in [-0.39, 0.29) is 17.9 Å². The van der Waals surface area contributed by atoms with Crippen LogP contribution in [0.3, 0.4) is 0 Å². The summed E-state index contributed by atoms with van der Waals surface area (Å²) in [5, 5.41) is 9.02. The number of halogens is 3. The van der Waals surface area contributed by atoms with Crippen molar-refractivity contribution in [2.45, 2.75) is 19.0 Å². The molecule has 0 bridgehead atoms. The van der Waals surface area contributed by atoms with E-state index in [0.717, 1.165) is 6.07 Å². The number of urea groups is 1. The first kappa shape index (κ1) is 23.7. The molecule has 0 radical (unpaired) electrons. The first-order chi connectivity index (χ1) is 14.9. The van der Waals surface area contributed by atoms with Gasteiger partial charge in [-0.2, -0.15) is 18.4 Å². The van der Waals surface area contributed by atoms with Crippen molar-refractivity contribution in [3.05, 3.63) is 29.3 Å². The van der Waals surface area contributed by atoms with Crippen LogP contribution in [0.4, 0.5) is 23.7 Å². The molecule has 2 aliphatic heterocycles. The van der Waals surface area contributed by atoms with E-state index in [2.05, 4.69) is 0 Å². The lowest BCUT2D eigenvalue weighted by Crippen LogP contribution is -2.48. The van der Waals surface area contributed by atoms with E-state index in [0.29, 0.717) is 44.7 Å². The summed E-state index contributed by atoms with van der Waals surface area (Å²) in [6.07, 6.45) is -3.45. The predicted molar refractivity (Wildman–Crippen MR) is 113 cm³/mol. The Bertz CT molecular complexity index is 930. The number of amides is 3. The molecule has 3 rings (SSSR count). The molecular formula is C22H28F3N5O2. The molecule has 0 aromatic heterocycles. The van der Waals surface area contributed by atoms with Gasteiger partial charge in [0.2, 0.25) is 5.91 Å². The highest BCUT2D eigenvalue weighted by atomic mass is 19.4. The Morgan fingerprint density at radius 2 is 1.75 bits per heavy atom. The second kappa shape index (κ2) is 8.52. The van der Waals surface area contributed by atoms with Gasteiger partial charge in [-0.3, -0.25) is 4.79 Å². The lowest BCUT2D eigenvalue weighted by Gasteiger charge is -2.43. The Morgan fingerprint density at radius 3 is 2.25 bits per heavy atom. The van der Waals surface area contributed by atoms with E-state index in [9.17, 15) is 22.8 Å². The largest absolute Gasteiger partial charge is 0.417 e. The summed E-state index contributed by atoms with van der Waals surface area (Å²) < 4.78 is 40.1. The third-order valence-electron chi connectivity index (χ3n) is 6.59. The zero-order valence-corrected chi connectivity index (χ0v) is 18.7. The van der Waals surface area contributed by atoms with Gasteiger partial charge in [-0.05, 0) is 31.0 Å². The van der Waals surface area contributed by atoms with Crippen LogP contribution in [0.2, 0.25) is 0 Å². The average Bonchev–Trinajstić information content (AvgIpc) is 3.10. The first-order valence-corrected chi connectivity index (χ1v) is 10.4. The van der Waals surface area contributed by atoms with Gasteiger partial charge >= 0.3 is 12.2 Å². The third-order valence-corrected chi connectivity index (χ3v) is 6.59. The number of anilines is 1. The minimum Gasteiger partial charge on any atom is -0.371 e. The molecule has 1 spiro atoms. The van der Waals surface area contributed by atoms with Crippen LogP contribution in [0.15, 0.2) is 18.2 Å². The van der Waals surface area contributed by atoms with Crippen LogP contribution in [0, 0.1) is 22.7 Å². The van der Waals surface area contributed by atoms with Crippen LogP contribution in [-0.2, 0) is 11.0 Å². The second-order valence-electron chi connectivity index (χ2n) is 9.03. The Labute approximate surface area is 186 Å². The fourth-order valence-electron chi connectivity index (χ4n) is 4.83. The zero-order valence-electron chi connectivity index (χ0n) is 18.7. The van der Waals surface area contributed by atoms with E-state index in [4.69, 9.17) is 5.26 Å². The van der Waals surface area contributed by atoms with Gasteiger partial charge in [-0.15, -0.1) is 0 Å². The number of nitrogens with zero attached hydrogens (tertiary/aromatic N) is 5. The van der Waals surface area contributed by atoms with Gasteiger partial charge in [0.15, 0.2) is 0 Å². The highest BCUT2D eigenvalue weighted by Gasteiger charge is 2.53. The van der Waals surface area contributed by atoms with Crippen molar-refractivity contribution < 1.29 is 22.8 Å². The van der Waals surface area contributed by atoms with Gasteiger partial charge in [0.05, 0.1) is 23.1 Å². The highest BCUT2D eigenvalue weighted by Crippen LogP contribution is 2.46. The fraction of sp³-hybridized carbons (Fsp3) is 0.591. The molecule has 2 fully saturated rings. The van der Waals surface area contributed by atoms with Gasteiger partial charge in [0, 0.05) is 65.5 Å². The maximum absolute atomic E-state index is 13.4. The van der Waals surface area contributed by atoms with E-state index < -0.39 is 22.7 Å². The number of likely N-dealkylation sites (tertiary alicyclic amines) is 1. The number of benzene rings is 1. The second-order valence-corrected chi connectivity index (χ2v) is 9.03. The number of alkyl halides is 3. The molecule has 2 saturated heterocycles. The number of hydrogen-bond acceptors (Lipinski definition) is 4. The fourth-order valence-corrected chi connectivity index (χ4v) is 4.83. The smallest absolute Gasteiger partial charge is 0.371 e. The van der Waals surface area contributed by atoms with E-state index in [1.165, 1.54) is 17.0 Å². The number of rotatable bonds is 2. The summed E-state index contributed by atoms with van der Waals surface area (Å²) >= 11 is 0. The molecule has 1 aromatic rings. The van der Waals surface area contributed by atoms with Crippen molar-refractivity contribution in [3.63, 3.8) is 0 Å². The average molecular weight is 451 g/mol. The summed E-state index contributed by atoms with van der Waals surface area (Å²) in [5.74, 6) is -0.388. The van der Waals surface area contributed by atoms with E-state index in [1.807, 2.05) is 4.90 Å². The van der Waals surface area contributed by atoms with Crippen LogP contribution in [0.5, 0.6) is 0 Å². The molecule has 1 aromatic carbocycles. The molecule has 2 aliphatic rings. The number of carbonyl (C=O) groups excluding carboxylic acids is 2. The number of nitriles is 1. The number of carbonyl (C=O) groups is 2. The number of piperidine rings is 1. The summed E-state index contributed by atoms with van der Waals surface area (Å²) in [7, 11) is 6.72. The topological polar surface area (TPSA) is 70.9 Å². The van der Waals surface area contributed by atoms with E-state index in [1.54, 1.807) is 44.1 Å². The zero-order chi connectivity index (χ0) is 23.8.